The number of nitrogen functional groups attached to an aromatic ring is 1. The number of benzene rings is 1. The maximum absolute atomic E-state index is 12.2. The van der Waals surface area contributed by atoms with E-state index in [4.69, 9.17) is 15.2 Å². The number of fused-ring (bicyclic) bond motifs is 1. The average molecular weight is 290 g/mol. The average Bonchev–Trinajstić information content (AvgIpc) is 2.79. The zero-order chi connectivity index (χ0) is 15.8. The molecule has 0 aliphatic heterocycles. The molecule has 0 saturated heterocycles. The summed E-state index contributed by atoms with van der Waals surface area (Å²) in [7, 11) is 1.28. The Hall–Kier alpha value is -2.50. The van der Waals surface area contributed by atoms with Crippen LogP contribution in [0.3, 0.4) is 0 Å². The number of ether oxygens (including phenoxy) is 2. The molecule has 0 saturated carbocycles. The van der Waals surface area contributed by atoms with Gasteiger partial charge in [-0.2, -0.15) is 0 Å². The molecule has 0 aliphatic carbocycles. The summed E-state index contributed by atoms with van der Waals surface area (Å²) >= 11 is 0. The molecule has 21 heavy (non-hydrogen) atoms. The Labute approximate surface area is 122 Å². The Bertz CT molecular complexity index is 710. The topological polar surface area (TPSA) is 83.5 Å². The Balaban J connectivity index is 2.56. The van der Waals surface area contributed by atoms with Crippen molar-refractivity contribution in [2.75, 3.05) is 12.8 Å². The molecular formula is C15H18N2O4. The molecule has 1 aromatic heterocycles. The highest BCUT2D eigenvalue weighted by Crippen LogP contribution is 2.26. The van der Waals surface area contributed by atoms with Crippen LogP contribution in [0.15, 0.2) is 24.4 Å². The van der Waals surface area contributed by atoms with Gasteiger partial charge in [-0.05, 0) is 39.0 Å². The number of rotatable bonds is 1. The number of nitrogens with zero attached hydrogens (tertiary/aromatic N) is 1. The zero-order valence-corrected chi connectivity index (χ0v) is 12.5. The van der Waals surface area contributed by atoms with Crippen molar-refractivity contribution in [2.24, 2.45) is 0 Å². The Morgan fingerprint density at radius 3 is 2.43 bits per heavy atom. The molecule has 0 bridgehead atoms. The minimum atomic E-state index is -0.605. The third kappa shape index (κ3) is 2.84. The molecule has 1 heterocycles. The van der Waals surface area contributed by atoms with Crippen molar-refractivity contribution in [2.45, 2.75) is 26.4 Å². The lowest BCUT2D eigenvalue weighted by atomic mass is 10.1. The van der Waals surface area contributed by atoms with Crippen LogP contribution >= 0.6 is 0 Å². The molecule has 0 spiro atoms. The van der Waals surface area contributed by atoms with Gasteiger partial charge in [0.2, 0.25) is 0 Å². The predicted molar refractivity (Wildman–Crippen MR) is 79.3 cm³/mol. The lowest BCUT2D eigenvalue weighted by Crippen LogP contribution is -2.26. The molecule has 6 nitrogen and oxygen atoms in total. The van der Waals surface area contributed by atoms with Crippen molar-refractivity contribution in [1.82, 2.24) is 4.57 Å². The normalized spacial score (nSPS) is 11.4. The minimum Gasteiger partial charge on any atom is -0.465 e. The summed E-state index contributed by atoms with van der Waals surface area (Å²) in [6.07, 6.45) is 1.03. The Kier molecular flexibility index (Phi) is 3.63. The number of carbonyl (C=O) groups excluding carboxylic acids is 2. The smallest absolute Gasteiger partial charge is 0.418 e. The van der Waals surface area contributed by atoms with E-state index >= 15 is 0 Å². The number of esters is 1. The van der Waals surface area contributed by atoms with Gasteiger partial charge in [0.1, 0.15) is 5.60 Å². The van der Waals surface area contributed by atoms with E-state index in [1.165, 1.54) is 11.7 Å². The molecule has 2 N–H and O–H groups in total. The first-order valence-electron chi connectivity index (χ1n) is 6.46. The fourth-order valence-electron chi connectivity index (χ4n) is 2.03. The molecule has 2 aromatic rings. The van der Waals surface area contributed by atoms with Gasteiger partial charge in [0, 0.05) is 17.3 Å². The molecule has 0 atom stereocenters. The second-order valence-electron chi connectivity index (χ2n) is 5.62. The lowest BCUT2D eigenvalue weighted by Gasteiger charge is -2.19. The van der Waals surface area contributed by atoms with Crippen LogP contribution in [0.5, 0.6) is 0 Å². The summed E-state index contributed by atoms with van der Waals surface area (Å²) in [5, 5.41) is 0.549. The maximum atomic E-state index is 12.2. The van der Waals surface area contributed by atoms with E-state index in [-0.39, 0.29) is 5.56 Å². The SMILES string of the molecule is COC(=O)c1c(N)ccc2c1ccn2C(=O)OC(C)(C)C. The van der Waals surface area contributed by atoms with Crippen LogP contribution < -0.4 is 5.73 Å². The van der Waals surface area contributed by atoms with Gasteiger partial charge in [0.15, 0.2) is 0 Å². The van der Waals surface area contributed by atoms with Gasteiger partial charge in [0.05, 0.1) is 18.2 Å². The third-order valence-electron chi connectivity index (χ3n) is 2.88. The molecule has 1 aromatic carbocycles. The zero-order valence-electron chi connectivity index (χ0n) is 12.5. The highest BCUT2D eigenvalue weighted by atomic mass is 16.6. The summed E-state index contributed by atoms with van der Waals surface area (Å²) in [6, 6.07) is 4.87. The van der Waals surface area contributed by atoms with Crippen LogP contribution in [0.2, 0.25) is 0 Å². The van der Waals surface area contributed by atoms with Crippen LogP contribution in [-0.2, 0) is 9.47 Å². The fourth-order valence-corrected chi connectivity index (χ4v) is 2.03. The molecule has 0 aliphatic rings. The Morgan fingerprint density at radius 1 is 1.19 bits per heavy atom. The first-order chi connectivity index (χ1) is 9.74. The summed E-state index contributed by atoms with van der Waals surface area (Å²) in [4.78, 5) is 24.0. The molecule has 112 valence electrons. The highest BCUT2D eigenvalue weighted by Gasteiger charge is 2.22. The van der Waals surface area contributed by atoms with Crippen LogP contribution in [-0.4, -0.2) is 29.3 Å². The van der Waals surface area contributed by atoms with Gasteiger partial charge in [-0.3, -0.25) is 4.57 Å². The first-order valence-corrected chi connectivity index (χ1v) is 6.46. The number of carbonyl (C=O) groups is 2. The molecule has 0 fully saturated rings. The van der Waals surface area contributed by atoms with E-state index in [0.29, 0.717) is 16.6 Å². The summed E-state index contributed by atoms with van der Waals surface area (Å²) in [5.74, 6) is -0.542. The van der Waals surface area contributed by atoms with Crippen molar-refractivity contribution in [1.29, 1.82) is 0 Å². The Morgan fingerprint density at radius 2 is 1.86 bits per heavy atom. The number of aromatic nitrogens is 1. The van der Waals surface area contributed by atoms with Gasteiger partial charge >= 0.3 is 12.1 Å². The highest BCUT2D eigenvalue weighted by molar-refractivity contribution is 6.09. The van der Waals surface area contributed by atoms with Crippen molar-refractivity contribution >= 4 is 28.7 Å². The standard InChI is InChI=1S/C15H18N2O4/c1-15(2,3)21-14(19)17-8-7-9-11(17)6-5-10(16)12(9)13(18)20-4/h5-8H,16H2,1-4H3. The molecule has 0 unspecified atom stereocenters. The summed E-state index contributed by atoms with van der Waals surface area (Å²) in [5.41, 5.74) is 6.31. The van der Waals surface area contributed by atoms with Crippen LogP contribution in [0.4, 0.5) is 10.5 Å². The van der Waals surface area contributed by atoms with Gasteiger partial charge in [0.25, 0.3) is 0 Å². The van der Waals surface area contributed by atoms with Crippen molar-refractivity contribution < 1.29 is 19.1 Å². The maximum Gasteiger partial charge on any atom is 0.418 e. The first kappa shape index (κ1) is 14.9. The third-order valence-corrected chi connectivity index (χ3v) is 2.88. The molecule has 0 radical (unpaired) electrons. The van der Waals surface area contributed by atoms with Crippen molar-refractivity contribution in [3.05, 3.63) is 30.0 Å². The van der Waals surface area contributed by atoms with Gasteiger partial charge < -0.3 is 15.2 Å². The van der Waals surface area contributed by atoms with Gasteiger partial charge in [-0.25, -0.2) is 9.59 Å². The van der Waals surface area contributed by atoms with Crippen molar-refractivity contribution in [3.8, 4) is 0 Å². The minimum absolute atomic E-state index is 0.248. The number of nitrogens with two attached hydrogens (primary N) is 1. The number of anilines is 1. The molecule has 6 heteroatoms. The second-order valence-corrected chi connectivity index (χ2v) is 5.62. The summed E-state index contributed by atoms with van der Waals surface area (Å²) < 4.78 is 11.4. The molecule has 0 amide bonds. The quantitative estimate of drug-likeness (QED) is 0.645. The monoisotopic (exact) mass is 290 g/mol. The number of hydrogen-bond acceptors (Lipinski definition) is 5. The second kappa shape index (κ2) is 5.12. The van der Waals surface area contributed by atoms with E-state index in [1.807, 2.05) is 0 Å². The summed E-state index contributed by atoms with van der Waals surface area (Å²) in [6.45, 7) is 5.36. The number of methoxy groups -OCH3 is 1. The van der Waals surface area contributed by atoms with E-state index in [9.17, 15) is 9.59 Å². The lowest BCUT2D eigenvalue weighted by molar-refractivity contribution is 0.0542. The van der Waals surface area contributed by atoms with Crippen LogP contribution in [0, 0.1) is 0 Å². The van der Waals surface area contributed by atoms with E-state index in [1.54, 1.807) is 45.2 Å². The number of hydrogen-bond donors (Lipinski definition) is 1. The molecular weight excluding hydrogens is 272 g/mol. The van der Waals surface area contributed by atoms with E-state index in [2.05, 4.69) is 0 Å². The van der Waals surface area contributed by atoms with Crippen molar-refractivity contribution in [3.63, 3.8) is 0 Å². The fraction of sp³-hybridized carbons (Fsp3) is 0.333. The van der Waals surface area contributed by atoms with Crippen LogP contribution in [0.25, 0.3) is 10.9 Å². The predicted octanol–water partition coefficient (Wildman–Crippen LogP) is 2.79. The molecule has 2 rings (SSSR count). The van der Waals surface area contributed by atoms with Gasteiger partial charge in [-0.15, -0.1) is 0 Å². The van der Waals surface area contributed by atoms with Crippen LogP contribution in [0.1, 0.15) is 31.1 Å². The van der Waals surface area contributed by atoms with Gasteiger partial charge in [-0.1, -0.05) is 0 Å². The van der Waals surface area contributed by atoms with E-state index < -0.39 is 17.7 Å². The largest absolute Gasteiger partial charge is 0.465 e. The van der Waals surface area contributed by atoms with E-state index in [0.717, 1.165) is 0 Å².